The van der Waals surface area contributed by atoms with Gasteiger partial charge in [-0.25, -0.2) is 0 Å². The van der Waals surface area contributed by atoms with E-state index in [1.54, 1.807) is 0 Å². The Morgan fingerprint density at radius 1 is 0.783 bits per heavy atom. The lowest BCUT2D eigenvalue weighted by Crippen LogP contribution is -2.15. The Morgan fingerprint density at radius 3 is 1.57 bits per heavy atom. The number of unbranched alkanes of at least 4 members (excludes halogenated alkanes) is 13. The third-order valence-electron chi connectivity index (χ3n) is 4.60. The molecule has 0 amide bonds. The first-order valence-electron chi connectivity index (χ1n) is 9.99. The van der Waals surface area contributed by atoms with Crippen molar-refractivity contribution in [3.05, 3.63) is 0 Å². The molecule has 3 nitrogen and oxygen atoms in total. The van der Waals surface area contributed by atoms with Crippen LogP contribution in [0.5, 0.6) is 0 Å². The molecule has 0 aliphatic heterocycles. The monoisotopic (exact) mass is 328 g/mol. The largest absolute Gasteiger partial charge is 0.438 e. The van der Waals surface area contributed by atoms with Gasteiger partial charge in [-0.3, -0.25) is 4.79 Å². The van der Waals surface area contributed by atoms with Crippen molar-refractivity contribution in [2.75, 3.05) is 6.79 Å². The van der Waals surface area contributed by atoms with Crippen molar-refractivity contribution in [3.8, 4) is 0 Å². The van der Waals surface area contributed by atoms with E-state index in [9.17, 15) is 4.79 Å². The van der Waals surface area contributed by atoms with Gasteiger partial charge in [0.25, 0.3) is 0 Å². The topological polar surface area (TPSA) is 46.5 Å². The van der Waals surface area contributed by atoms with Crippen LogP contribution in [0.2, 0.25) is 0 Å². The Labute approximate surface area is 144 Å². The van der Waals surface area contributed by atoms with E-state index in [2.05, 4.69) is 11.7 Å². The average Bonchev–Trinajstić information content (AvgIpc) is 2.55. The first-order chi connectivity index (χ1) is 11.2. The van der Waals surface area contributed by atoms with Crippen LogP contribution in [0, 0.1) is 5.92 Å². The molecule has 0 rings (SSSR count). The Morgan fingerprint density at radius 2 is 1.17 bits per heavy atom. The lowest BCUT2D eigenvalue weighted by molar-refractivity contribution is -0.156. The van der Waals surface area contributed by atoms with Gasteiger partial charge >= 0.3 is 5.97 Å². The summed E-state index contributed by atoms with van der Waals surface area (Å²) in [7, 11) is 0. The van der Waals surface area contributed by atoms with Crippen LogP contribution in [0.4, 0.5) is 0 Å². The normalized spacial score (nSPS) is 12.3. The van der Waals surface area contributed by atoms with Crippen LogP contribution >= 0.6 is 0 Å². The zero-order valence-corrected chi connectivity index (χ0v) is 15.7. The van der Waals surface area contributed by atoms with Crippen LogP contribution < -0.4 is 0 Å². The van der Waals surface area contributed by atoms with E-state index in [0.717, 1.165) is 12.8 Å². The summed E-state index contributed by atoms with van der Waals surface area (Å²) in [6, 6.07) is 0. The molecule has 0 aromatic rings. The van der Waals surface area contributed by atoms with E-state index in [-0.39, 0.29) is 11.9 Å². The van der Waals surface area contributed by atoms with Crippen molar-refractivity contribution in [1.82, 2.24) is 0 Å². The highest BCUT2D eigenvalue weighted by atomic mass is 16.6. The molecule has 0 aliphatic carbocycles. The highest BCUT2D eigenvalue weighted by Crippen LogP contribution is 2.15. The van der Waals surface area contributed by atoms with Crippen molar-refractivity contribution in [3.63, 3.8) is 0 Å². The van der Waals surface area contributed by atoms with Crippen LogP contribution in [0.1, 0.15) is 110 Å². The number of aliphatic hydroxyl groups excluding tert-OH is 1. The number of carbonyl (C=O) groups is 1. The van der Waals surface area contributed by atoms with Crippen molar-refractivity contribution >= 4 is 5.97 Å². The molecule has 0 saturated heterocycles. The molecule has 1 unspecified atom stereocenters. The molecule has 0 aromatic heterocycles. The molecule has 3 heteroatoms. The molecule has 23 heavy (non-hydrogen) atoms. The summed E-state index contributed by atoms with van der Waals surface area (Å²) in [4.78, 5) is 11.3. The van der Waals surface area contributed by atoms with Gasteiger partial charge < -0.3 is 9.84 Å². The van der Waals surface area contributed by atoms with E-state index in [4.69, 9.17) is 5.11 Å². The summed E-state index contributed by atoms with van der Waals surface area (Å²) in [5, 5.41) is 8.54. The van der Waals surface area contributed by atoms with Gasteiger partial charge in [0.2, 0.25) is 0 Å². The maximum atomic E-state index is 11.3. The van der Waals surface area contributed by atoms with Gasteiger partial charge in [-0.1, -0.05) is 104 Å². The minimum Gasteiger partial charge on any atom is -0.438 e. The summed E-state index contributed by atoms with van der Waals surface area (Å²) in [5.74, 6) is -0.360. The Kier molecular flexibility index (Phi) is 17.3. The number of hydrogen-bond donors (Lipinski definition) is 1. The molecule has 0 saturated carbocycles. The fraction of sp³-hybridized carbons (Fsp3) is 0.950. The van der Waals surface area contributed by atoms with Gasteiger partial charge in [0.1, 0.15) is 0 Å². The van der Waals surface area contributed by atoms with Gasteiger partial charge in [0.05, 0.1) is 5.92 Å². The van der Waals surface area contributed by atoms with Crippen LogP contribution in [-0.2, 0) is 9.53 Å². The highest BCUT2D eigenvalue weighted by Gasteiger charge is 2.12. The van der Waals surface area contributed by atoms with E-state index in [0.29, 0.717) is 0 Å². The minimum atomic E-state index is -0.498. The number of ether oxygens (including phenoxy) is 1. The molecule has 1 atom stereocenters. The van der Waals surface area contributed by atoms with E-state index < -0.39 is 6.79 Å². The zero-order chi connectivity index (χ0) is 17.2. The van der Waals surface area contributed by atoms with Gasteiger partial charge in [-0.2, -0.15) is 0 Å². The summed E-state index contributed by atoms with van der Waals surface area (Å²) >= 11 is 0. The molecule has 0 heterocycles. The van der Waals surface area contributed by atoms with Gasteiger partial charge in [0, 0.05) is 0 Å². The molecular weight excluding hydrogens is 288 g/mol. The third kappa shape index (κ3) is 16.1. The van der Waals surface area contributed by atoms with Gasteiger partial charge in [0.15, 0.2) is 6.79 Å². The van der Waals surface area contributed by atoms with Crippen molar-refractivity contribution < 1.29 is 14.6 Å². The standard InChI is InChI=1S/C20H40O3/c1-3-4-5-6-7-8-9-10-11-12-13-14-15-16-17-19(2)20(22)23-18-21/h19,21H,3-18H2,1-2H3. The van der Waals surface area contributed by atoms with Crippen molar-refractivity contribution in [2.24, 2.45) is 5.92 Å². The van der Waals surface area contributed by atoms with Gasteiger partial charge in [-0.15, -0.1) is 0 Å². The Balaban J connectivity index is 3.14. The van der Waals surface area contributed by atoms with Crippen LogP contribution in [0.15, 0.2) is 0 Å². The second-order valence-electron chi connectivity index (χ2n) is 6.88. The molecule has 0 spiro atoms. The lowest BCUT2D eigenvalue weighted by atomic mass is 10.0. The van der Waals surface area contributed by atoms with E-state index >= 15 is 0 Å². The Bertz CT molecular complexity index is 253. The summed E-state index contributed by atoms with van der Waals surface area (Å²) in [5.41, 5.74) is 0. The van der Waals surface area contributed by atoms with Crippen molar-refractivity contribution in [2.45, 2.75) is 110 Å². The molecule has 0 aliphatic rings. The van der Waals surface area contributed by atoms with E-state index in [1.165, 1.54) is 83.5 Å². The number of carbonyl (C=O) groups excluding carboxylic acids is 1. The van der Waals surface area contributed by atoms with Crippen LogP contribution in [0.25, 0.3) is 0 Å². The smallest absolute Gasteiger partial charge is 0.310 e. The molecule has 1 N–H and O–H groups in total. The van der Waals surface area contributed by atoms with Crippen LogP contribution in [-0.4, -0.2) is 17.9 Å². The molecular formula is C20H40O3. The minimum absolute atomic E-state index is 0.0838. The highest BCUT2D eigenvalue weighted by molar-refractivity contribution is 5.71. The van der Waals surface area contributed by atoms with Crippen molar-refractivity contribution in [1.29, 1.82) is 0 Å². The molecule has 0 aromatic carbocycles. The molecule has 0 radical (unpaired) electrons. The number of hydrogen-bond acceptors (Lipinski definition) is 3. The predicted molar refractivity (Wildman–Crippen MR) is 97.3 cm³/mol. The number of aliphatic hydroxyl groups is 1. The fourth-order valence-corrected chi connectivity index (χ4v) is 2.97. The quantitative estimate of drug-likeness (QED) is 0.203. The second-order valence-corrected chi connectivity index (χ2v) is 6.88. The Hall–Kier alpha value is -0.570. The average molecular weight is 329 g/mol. The first-order valence-corrected chi connectivity index (χ1v) is 9.99. The maximum absolute atomic E-state index is 11.3. The molecule has 138 valence electrons. The fourth-order valence-electron chi connectivity index (χ4n) is 2.97. The lowest BCUT2D eigenvalue weighted by Gasteiger charge is -2.09. The van der Waals surface area contributed by atoms with E-state index in [1.807, 2.05) is 6.92 Å². The summed E-state index contributed by atoms with van der Waals surface area (Å²) < 4.78 is 4.59. The predicted octanol–water partition coefficient (Wildman–Crippen LogP) is 5.99. The number of rotatable bonds is 17. The summed E-state index contributed by atoms with van der Waals surface area (Å²) in [6.07, 6.45) is 19.8. The zero-order valence-electron chi connectivity index (χ0n) is 15.7. The molecule has 0 fully saturated rings. The second kappa shape index (κ2) is 17.8. The molecule has 0 bridgehead atoms. The maximum Gasteiger partial charge on any atom is 0.310 e. The van der Waals surface area contributed by atoms with Gasteiger partial charge in [-0.05, 0) is 6.42 Å². The first kappa shape index (κ1) is 22.4. The number of esters is 1. The third-order valence-corrected chi connectivity index (χ3v) is 4.60. The summed E-state index contributed by atoms with van der Waals surface area (Å²) in [6.45, 7) is 3.65. The SMILES string of the molecule is CCCCCCCCCCCCCCCCC(C)C(=O)OCO. The van der Waals surface area contributed by atoms with Crippen LogP contribution in [0.3, 0.4) is 0 Å².